The highest BCUT2D eigenvalue weighted by molar-refractivity contribution is 5.31. The fourth-order valence-electron chi connectivity index (χ4n) is 1.47. The molecular weight excluding hydrogens is 243 g/mol. The molecule has 1 aromatic heterocycles. The Bertz CT molecular complexity index is 511. The number of halogens is 3. The Morgan fingerprint density at radius 3 is 2.39 bits per heavy atom. The molecule has 1 aromatic carbocycles. The van der Waals surface area contributed by atoms with Crippen molar-refractivity contribution in [2.45, 2.75) is 12.6 Å². The molecule has 0 N–H and O–H groups in total. The van der Waals surface area contributed by atoms with Crippen LogP contribution in [0.2, 0.25) is 0 Å². The largest absolute Gasteiger partial charge is 0.456 e. The predicted octanol–water partition coefficient (Wildman–Crippen LogP) is 3.98. The molecule has 0 amide bonds. The van der Waals surface area contributed by atoms with Crippen LogP contribution < -0.4 is 4.74 Å². The van der Waals surface area contributed by atoms with Gasteiger partial charge in [-0.2, -0.15) is 13.2 Å². The average Bonchev–Trinajstić information content (AvgIpc) is 2.28. The third-order valence-corrected chi connectivity index (χ3v) is 2.15. The van der Waals surface area contributed by atoms with E-state index in [4.69, 9.17) is 4.74 Å². The monoisotopic (exact) mass is 253 g/mol. The Hall–Kier alpha value is -2.04. The summed E-state index contributed by atoms with van der Waals surface area (Å²) in [5, 5.41) is 0. The first-order chi connectivity index (χ1) is 8.53. The molecule has 0 spiro atoms. The van der Waals surface area contributed by atoms with Crippen molar-refractivity contribution < 1.29 is 17.9 Å². The van der Waals surface area contributed by atoms with E-state index in [1.165, 1.54) is 18.5 Å². The molecule has 2 rings (SSSR count). The second kappa shape index (κ2) is 5.08. The molecule has 2 aromatic rings. The standard InChI is InChI=1S/C13H10F3NO/c14-13(15,16)7-10-6-12(9-17-8-10)18-11-4-2-1-3-5-11/h1-6,8-9H,7H2. The molecule has 0 saturated carbocycles. The highest BCUT2D eigenvalue weighted by Crippen LogP contribution is 2.25. The van der Waals surface area contributed by atoms with Gasteiger partial charge in [0.05, 0.1) is 12.6 Å². The van der Waals surface area contributed by atoms with Gasteiger partial charge in [-0.15, -0.1) is 0 Å². The molecule has 0 fully saturated rings. The molecule has 2 nitrogen and oxygen atoms in total. The van der Waals surface area contributed by atoms with Gasteiger partial charge in [-0.25, -0.2) is 0 Å². The van der Waals surface area contributed by atoms with E-state index < -0.39 is 12.6 Å². The minimum atomic E-state index is -4.24. The van der Waals surface area contributed by atoms with E-state index in [9.17, 15) is 13.2 Å². The highest BCUT2D eigenvalue weighted by Gasteiger charge is 2.27. The molecule has 0 unspecified atom stereocenters. The molecule has 1 heterocycles. The lowest BCUT2D eigenvalue weighted by Crippen LogP contribution is -2.11. The van der Waals surface area contributed by atoms with Gasteiger partial charge in [-0.1, -0.05) is 18.2 Å². The summed E-state index contributed by atoms with van der Waals surface area (Å²) in [5.74, 6) is 0.853. The van der Waals surface area contributed by atoms with Crippen molar-refractivity contribution in [1.29, 1.82) is 0 Å². The first-order valence-corrected chi connectivity index (χ1v) is 5.26. The highest BCUT2D eigenvalue weighted by atomic mass is 19.4. The van der Waals surface area contributed by atoms with E-state index in [2.05, 4.69) is 4.98 Å². The van der Waals surface area contributed by atoms with Crippen molar-refractivity contribution in [3.63, 3.8) is 0 Å². The fourth-order valence-corrected chi connectivity index (χ4v) is 1.47. The van der Waals surface area contributed by atoms with Crippen molar-refractivity contribution in [3.05, 3.63) is 54.4 Å². The summed E-state index contributed by atoms with van der Waals surface area (Å²) in [6.07, 6.45) is -2.68. The van der Waals surface area contributed by atoms with E-state index in [1.807, 2.05) is 6.07 Å². The maximum Gasteiger partial charge on any atom is 0.393 e. The Morgan fingerprint density at radius 1 is 1.00 bits per heavy atom. The molecule has 0 radical (unpaired) electrons. The number of aromatic nitrogens is 1. The molecule has 94 valence electrons. The Labute approximate surface area is 102 Å². The maximum absolute atomic E-state index is 12.2. The van der Waals surface area contributed by atoms with Gasteiger partial charge in [-0.05, 0) is 23.8 Å². The van der Waals surface area contributed by atoms with Crippen LogP contribution in [0.15, 0.2) is 48.8 Å². The van der Waals surface area contributed by atoms with E-state index >= 15 is 0 Å². The topological polar surface area (TPSA) is 22.1 Å². The molecule has 0 atom stereocenters. The van der Waals surface area contributed by atoms with Gasteiger partial charge < -0.3 is 4.74 Å². The number of rotatable bonds is 3. The number of para-hydroxylation sites is 1. The first-order valence-electron chi connectivity index (χ1n) is 5.26. The van der Waals surface area contributed by atoms with E-state index in [-0.39, 0.29) is 5.56 Å². The average molecular weight is 253 g/mol. The van der Waals surface area contributed by atoms with Gasteiger partial charge in [0, 0.05) is 6.20 Å². The van der Waals surface area contributed by atoms with Gasteiger partial charge in [0.25, 0.3) is 0 Å². The van der Waals surface area contributed by atoms with Crippen LogP contribution in [-0.2, 0) is 6.42 Å². The van der Waals surface area contributed by atoms with Crippen molar-refractivity contribution in [3.8, 4) is 11.5 Å². The van der Waals surface area contributed by atoms with Crippen LogP contribution >= 0.6 is 0 Å². The van der Waals surface area contributed by atoms with Crippen molar-refractivity contribution in [2.75, 3.05) is 0 Å². The van der Waals surface area contributed by atoms with Crippen molar-refractivity contribution in [1.82, 2.24) is 4.98 Å². The van der Waals surface area contributed by atoms with Gasteiger partial charge in [0.15, 0.2) is 0 Å². The van der Waals surface area contributed by atoms with Gasteiger partial charge in [0.1, 0.15) is 11.5 Å². The van der Waals surface area contributed by atoms with Crippen LogP contribution in [0.3, 0.4) is 0 Å². The fraction of sp³-hybridized carbons (Fsp3) is 0.154. The molecule has 0 aliphatic rings. The number of pyridine rings is 1. The van der Waals surface area contributed by atoms with Crippen LogP contribution in [0.5, 0.6) is 11.5 Å². The Balaban J connectivity index is 2.13. The number of ether oxygens (including phenoxy) is 1. The molecule has 0 aliphatic carbocycles. The summed E-state index contributed by atoms with van der Waals surface area (Å²) in [4.78, 5) is 3.74. The minimum Gasteiger partial charge on any atom is -0.456 e. The first kappa shape index (κ1) is 12.4. The number of benzene rings is 1. The summed E-state index contributed by atoms with van der Waals surface area (Å²) in [7, 11) is 0. The van der Waals surface area contributed by atoms with Crippen LogP contribution in [0.4, 0.5) is 13.2 Å². The number of hydrogen-bond donors (Lipinski definition) is 0. The predicted molar refractivity (Wildman–Crippen MR) is 60.5 cm³/mol. The minimum absolute atomic E-state index is 0.0796. The Morgan fingerprint density at radius 2 is 1.72 bits per heavy atom. The zero-order valence-electron chi connectivity index (χ0n) is 9.32. The third kappa shape index (κ3) is 3.76. The van der Waals surface area contributed by atoms with Crippen molar-refractivity contribution in [2.24, 2.45) is 0 Å². The third-order valence-electron chi connectivity index (χ3n) is 2.15. The van der Waals surface area contributed by atoms with Gasteiger partial charge in [-0.3, -0.25) is 4.98 Å². The number of alkyl halides is 3. The summed E-state index contributed by atoms with van der Waals surface area (Å²) in [5.41, 5.74) is 0.0796. The van der Waals surface area contributed by atoms with Crippen LogP contribution in [0.25, 0.3) is 0 Å². The van der Waals surface area contributed by atoms with Crippen LogP contribution in [-0.4, -0.2) is 11.2 Å². The maximum atomic E-state index is 12.2. The van der Waals surface area contributed by atoms with E-state index in [0.29, 0.717) is 11.5 Å². The number of hydrogen-bond acceptors (Lipinski definition) is 2. The van der Waals surface area contributed by atoms with Gasteiger partial charge in [0.2, 0.25) is 0 Å². The Kier molecular flexibility index (Phi) is 3.50. The number of nitrogens with zero attached hydrogens (tertiary/aromatic N) is 1. The van der Waals surface area contributed by atoms with E-state index in [1.54, 1.807) is 24.3 Å². The summed E-state index contributed by atoms with van der Waals surface area (Å²) < 4.78 is 42.1. The summed E-state index contributed by atoms with van der Waals surface area (Å²) in [6, 6.07) is 10.2. The quantitative estimate of drug-likeness (QED) is 0.825. The zero-order chi connectivity index (χ0) is 13.0. The normalized spacial score (nSPS) is 11.3. The lowest BCUT2D eigenvalue weighted by Gasteiger charge is -2.08. The van der Waals surface area contributed by atoms with Crippen molar-refractivity contribution >= 4 is 0 Å². The smallest absolute Gasteiger partial charge is 0.393 e. The molecule has 18 heavy (non-hydrogen) atoms. The SMILES string of the molecule is FC(F)(F)Cc1cncc(Oc2ccccc2)c1. The second-order valence-electron chi connectivity index (χ2n) is 3.74. The molecular formula is C13H10F3NO. The summed E-state index contributed by atoms with van der Waals surface area (Å²) in [6.45, 7) is 0. The molecule has 0 bridgehead atoms. The van der Waals surface area contributed by atoms with E-state index in [0.717, 1.165) is 0 Å². The second-order valence-corrected chi connectivity index (χ2v) is 3.74. The van der Waals surface area contributed by atoms with Crippen LogP contribution in [0, 0.1) is 0 Å². The van der Waals surface area contributed by atoms with Crippen LogP contribution in [0.1, 0.15) is 5.56 Å². The summed E-state index contributed by atoms with van der Waals surface area (Å²) >= 11 is 0. The molecule has 5 heteroatoms. The molecule has 0 aliphatic heterocycles. The molecule has 0 saturated heterocycles. The van der Waals surface area contributed by atoms with Gasteiger partial charge >= 0.3 is 6.18 Å². The lowest BCUT2D eigenvalue weighted by molar-refractivity contribution is -0.127. The lowest BCUT2D eigenvalue weighted by atomic mass is 10.2. The zero-order valence-corrected chi connectivity index (χ0v) is 9.32.